The molecule has 64 valence electrons. The van der Waals surface area contributed by atoms with Crippen LogP contribution in [0, 0.1) is 12.8 Å². The van der Waals surface area contributed by atoms with Crippen molar-refractivity contribution in [3.8, 4) is 0 Å². The molecule has 1 aliphatic rings. The largest absolute Gasteiger partial charge is 0.238 e. The van der Waals surface area contributed by atoms with Gasteiger partial charge in [0, 0.05) is 12.1 Å². The Morgan fingerprint density at radius 3 is 2.83 bits per heavy atom. The fourth-order valence-corrected chi connectivity index (χ4v) is 1.52. The van der Waals surface area contributed by atoms with Crippen LogP contribution in [-0.2, 0) is 6.42 Å². The summed E-state index contributed by atoms with van der Waals surface area (Å²) < 4.78 is 0. The fraction of sp³-hybridized carbons (Fsp3) is 0.556. The third kappa shape index (κ3) is 1.95. The number of hydrogen-bond acceptors (Lipinski definition) is 2. The Morgan fingerprint density at radius 1 is 1.50 bits per heavy atom. The lowest BCUT2D eigenvalue weighted by Gasteiger charge is -1.99. The number of aryl methyl sites for hydroxylation is 1. The molecule has 0 unspecified atom stereocenters. The minimum Gasteiger partial charge on any atom is -0.238 e. The molecular formula is C9H11ClN2. The monoisotopic (exact) mass is 182 g/mol. The Morgan fingerprint density at radius 2 is 2.25 bits per heavy atom. The zero-order valence-electron chi connectivity index (χ0n) is 7.05. The van der Waals surface area contributed by atoms with Gasteiger partial charge in [0.1, 0.15) is 11.0 Å². The predicted molar refractivity (Wildman–Crippen MR) is 48.2 cm³/mol. The molecular weight excluding hydrogens is 172 g/mol. The van der Waals surface area contributed by atoms with Crippen LogP contribution in [0.4, 0.5) is 0 Å². The normalized spacial score (nSPS) is 16.5. The summed E-state index contributed by atoms with van der Waals surface area (Å²) in [5, 5.41) is 0.568. The van der Waals surface area contributed by atoms with Gasteiger partial charge in [0.2, 0.25) is 0 Å². The van der Waals surface area contributed by atoms with Crippen LogP contribution >= 0.6 is 11.6 Å². The van der Waals surface area contributed by atoms with Crippen molar-refractivity contribution in [1.29, 1.82) is 0 Å². The molecule has 1 heterocycles. The van der Waals surface area contributed by atoms with Gasteiger partial charge in [-0.25, -0.2) is 9.97 Å². The topological polar surface area (TPSA) is 25.8 Å². The molecule has 0 aromatic carbocycles. The van der Waals surface area contributed by atoms with E-state index < -0.39 is 0 Å². The first kappa shape index (κ1) is 7.99. The minimum absolute atomic E-state index is 0.568. The number of rotatable bonds is 2. The van der Waals surface area contributed by atoms with Gasteiger partial charge in [-0.3, -0.25) is 0 Å². The van der Waals surface area contributed by atoms with Crippen LogP contribution in [0.1, 0.15) is 24.4 Å². The maximum absolute atomic E-state index is 5.80. The van der Waals surface area contributed by atoms with E-state index in [2.05, 4.69) is 9.97 Å². The number of nitrogens with zero attached hydrogens (tertiary/aromatic N) is 2. The molecule has 0 atom stereocenters. The van der Waals surface area contributed by atoms with Gasteiger partial charge in [-0.15, -0.1) is 0 Å². The van der Waals surface area contributed by atoms with Crippen LogP contribution in [-0.4, -0.2) is 9.97 Å². The van der Waals surface area contributed by atoms with Crippen LogP contribution in [0.15, 0.2) is 6.07 Å². The Balaban J connectivity index is 2.18. The smallest absolute Gasteiger partial charge is 0.133 e. The van der Waals surface area contributed by atoms with E-state index in [0.717, 1.165) is 23.9 Å². The lowest BCUT2D eigenvalue weighted by molar-refractivity contribution is 0.764. The zero-order chi connectivity index (χ0) is 8.55. The Kier molecular flexibility index (Phi) is 2.01. The molecule has 0 amide bonds. The standard InChI is InChI=1S/C9H11ClN2/c1-6-4-8(10)12-9(11-6)5-7-2-3-7/h4,7H,2-3,5H2,1H3. The molecule has 0 radical (unpaired) electrons. The van der Waals surface area contributed by atoms with Crippen molar-refractivity contribution in [2.45, 2.75) is 26.2 Å². The van der Waals surface area contributed by atoms with Crippen LogP contribution in [0.2, 0.25) is 5.15 Å². The van der Waals surface area contributed by atoms with Crippen LogP contribution in [0.3, 0.4) is 0 Å². The minimum atomic E-state index is 0.568. The van der Waals surface area contributed by atoms with Crippen molar-refractivity contribution < 1.29 is 0 Å². The van der Waals surface area contributed by atoms with Gasteiger partial charge >= 0.3 is 0 Å². The molecule has 0 aliphatic heterocycles. The Labute approximate surface area is 77.0 Å². The summed E-state index contributed by atoms with van der Waals surface area (Å²) in [4.78, 5) is 8.49. The van der Waals surface area contributed by atoms with E-state index in [-0.39, 0.29) is 0 Å². The molecule has 0 spiro atoms. The van der Waals surface area contributed by atoms with Crippen molar-refractivity contribution >= 4 is 11.6 Å². The quantitative estimate of drug-likeness (QED) is 0.657. The molecule has 0 N–H and O–H groups in total. The zero-order valence-corrected chi connectivity index (χ0v) is 7.80. The van der Waals surface area contributed by atoms with E-state index in [0.29, 0.717) is 5.15 Å². The highest BCUT2D eigenvalue weighted by molar-refractivity contribution is 6.29. The lowest BCUT2D eigenvalue weighted by atomic mass is 10.3. The van der Waals surface area contributed by atoms with E-state index in [1.807, 2.05) is 6.92 Å². The highest BCUT2D eigenvalue weighted by Gasteiger charge is 2.22. The molecule has 2 nitrogen and oxygen atoms in total. The average molecular weight is 183 g/mol. The molecule has 1 saturated carbocycles. The van der Waals surface area contributed by atoms with E-state index in [1.54, 1.807) is 6.07 Å². The summed E-state index contributed by atoms with van der Waals surface area (Å²) in [6, 6.07) is 1.79. The summed E-state index contributed by atoms with van der Waals surface area (Å²) in [5.74, 6) is 1.73. The molecule has 1 aromatic rings. The molecule has 12 heavy (non-hydrogen) atoms. The van der Waals surface area contributed by atoms with Crippen molar-refractivity contribution in [3.05, 3.63) is 22.7 Å². The van der Waals surface area contributed by atoms with Crippen LogP contribution in [0.25, 0.3) is 0 Å². The van der Waals surface area contributed by atoms with Gasteiger partial charge < -0.3 is 0 Å². The summed E-state index contributed by atoms with van der Waals surface area (Å²) in [6.07, 6.45) is 3.66. The number of halogens is 1. The first-order valence-corrected chi connectivity index (χ1v) is 4.62. The van der Waals surface area contributed by atoms with Crippen molar-refractivity contribution in [2.24, 2.45) is 5.92 Å². The van der Waals surface area contributed by atoms with Crippen molar-refractivity contribution in [2.75, 3.05) is 0 Å². The summed E-state index contributed by atoms with van der Waals surface area (Å²) in [7, 11) is 0. The van der Waals surface area contributed by atoms with Crippen LogP contribution < -0.4 is 0 Å². The van der Waals surface area contributed by atoms with Gasteiger partial charge in [0.25, 0.3) is 0 Å². The van der Waals surface area contributed by atoms with Gasteiger partial charge in [-0.05, 0) is 31.7 Å². The molecule has 1 fully saturated rings. The van der Waals surface area contributed by atoms with Gasteiger partial charge in [0.15, 0.2) is 0 Å². The molecule has 0 saturated heterocycles. The summed E-state index contributed by atoms with van der Waals surface area (Å²) in [5.41, 5.74) is 0.964. The first-order chi connectivity index (χ1) is 5.74. The number of hydrogen-bond donors (Lipinski definition) is 0. The highest BCUT2D eigenvalue weighted by Crippen LogP contribution is 2.31. The third-order valence-corrected chi connectivity index (χ3v) is 2.23. The second-order valence-corrected chi connectivity index (χ2v) is 3.78. The highest BCUT2D eigenvalue weighted by atomic mass is 35.5. The Hall–Kier alpha value is -0.630. The van der Waals surface area contributed by atoms with E-state index in [4.69, 9.17) is 11.6 Å². The predicted octanol–water partition coefficient (Wildman–Crippen LogP) is 2.39. The molecule has 2 rings (SSSR count). The Bertz CT molecular complexity index is 274. The fourth-order valence-electron chi connectivity index (χ4n) is 1.26. The second kappa shape index (κ2) is 3.02. The third-order valence-electron chi connectivity index (χ3n) is 2.04. The van der Waals surface area contributed by atoms with Gasteiger partial charge in [-0.1, -0.05) is 11.6 Å². The van der Waals surface area contributed by atoms with E-state index in [9.17, 15) is 0 Å². The van der Waals surface area contributed by atoms with Gasteiger partial charge in [-0.2, -0.15) is 0 Å². The van der Waals surface area contributed by atoms with Gasteiger partial charge in [0.05, 0.1) is 0 Å². The van der Waals surface area contributed by atoms with E-state index in [1.165, 1.54) is 12.8 Å². The SMILES string of the molecule is Cc1cc(Cl)nc(CC2CC2)n1. The first-order valence-electron chi connectivity index (χ1n) is 4.24. The maximum atomic E-state index is 5.80. The number of aromatic nitrogens is 2. The average Bonchev–Trinajstić information content (AvgIpc) is 2.68. The summed E-state index contributed by atoms with van der Waals surface area (Å²) >= 11 is 5.80. The second-order valence-electron chi connectivity index (χ2n) is 3.40. The van der Waals surface area contributed by atoms with Crippen LogP contribution in [0.5, 0.6) is 0 Å². The van der Waals surface area contributed by atoms with Crippen molar-refractivity contribution in [3.63, 3.8) is 0 Å². The molecule has 1 aliphatic carbocycles. The maximum Gasteiger partial charge on any atom is 0.133 e. The lowest BCUT2D eigenvalue weighted by Crippen LogP contribution is -1.98. The van der Waals surface area contributed by atoms with Crippen molar-refractivity contribution in [1.82, 2.24) is 9.97 Å². The summed E-state index contributed by atoms with van der Waals surface area (Å²) in [6.45, 7) is 1.95. The van der Waals surface area contributed by atoms with E-state index >= 15 is 0 Å². The molecule has 1 aromatic heterocycles. The molecule has 0 bridgehead atoms. The molecule has 3 heteroatoms.